The maximum Gasteiger partial charge on any atom is 0.236 e. The van der Waals surface area contributed by atoms with E-state index in [0.717, 1.165) is 63.7 Å². The number of carbonyl (C=O) groups excluding carboxylic acids is 1. The Kier molecular flexibility index (Phi) is 5.04. The molecule has 1 fully saturated rings. The summed E-state index contributed by atoms with van der Waals surface area (Å²) in [5.41, 5.74) is 3.75. The molecule has 0 N–H and O–H groups in total. The van der Waals surface area contributed by atoms with Crippen molar-refractivity contribution in [2.75, 3.05) is 39.3 Å². The lowest BCUT2D eigenvalue weighted by molar-refractivity contribution is -0.134. The maximum absolute atomic E-state index is 12.7. The summed E-state index contributed by atoms with van der Waals surface area (Å²) in [7, 11) is 0. The van der Waals surface area contributed by atoms with Crippen LogP contribution >= 0.6 is 0 Å². The van der Waals surface area contributed by atoms with E-state index < -0.39 is 0 Å². The third-order valence-electron chi connectivity index (χ3n) is 5.36. The molecular formula is C20H26N4O2. The molecule has 2 aromatic rings. The molecule has 3 heterocycles. The summed E-state index contributed by atoms with van der Waals surface area (Å²) in [6.07, 6.45) is 1.04. The van der Waals surface area contributed by atoms with Crippen molar-refractivity contribution >= 4 is 5.91 Å². The molecule has 26 heavy (non-hydrogen) atoms. The van der Waals surface area contributed by atoms with Crippen LogP contribution in [-0.4, -0.2) is 65.0 Å². The SMILES string of the molecule is Cc1cc(CN2CCN(C(=O)CN3CCc4ccccc4C3)CC2)no1. The molecule has 0 bridgehead atoms. The topological polar surface area (TPSA) is 52.8 Å². The maximum atomic E-state index is 12.7. The Morgan fingerprint density at radius 3 is 2.58 bits per heavy atom. The Hall–Kier alpha value is -2.18. The van der Waals surface area contributed by atoms with E-state index >= 15 is 0 Å². The van der Waals surface area contributed by atoms with Gasteiger partial charge in [-0.15, -0.1) is 0 Å². The first-order valence-corrected chi connectivity index (χ1v) is 9.39. The van der Waals surface area contributed by atoms with Crippen molar-refractivity contribution in [1.82, 2.24) is 19.9 Å². The van der Waals surface area contributed by atoms with Crippen molar-refractivity contribution in [3.05, 3.63) is 52.9 Å². The molecule has 0 atom stereocenters. The van der Waals surface area contributed by atoms with Gasteiger partial charge < -0.3 is 9.42 Å². The minimum absolute atomic E-state index is 0.251. The minimum Gasteiger partial charge on any atom is -0.361 e. The van der Waals surface area contributed by atoms with Crippen molar-refractivity contribution in [2.24, 2.45) is 0 Å². The number of rotatable bonds is 4. The van der Waals surface area contributed by atoms with Crippen LogP contribution in [0, 0.1) is 6.92 Å². The second-order valence-electron chi connectivity index (χ2n) is 7.32. The molecule has 0 aliphatic carbocycles. The van der Waals surface area contributed by atoms with Crippen LogP contribution in [0.5, 0.6) is 0 Å². The standard InChI is InChI=1S/C20H26N4O2/c1-16-12-19(21-26-16)14-22-8-10-24(11-9-22)20(25)15-23-7-6-17-4-2-3-5-18(17)13-23/h2-5,12H,6-11,13-15H2,1H3. The molecule has 1 amide bonds. The molecule has 4 rings (SSSR count). The summed E-state index contributed by atoms with van der Waals surface area (Å²) in [4.78, 5) is 19.3. The normalized spacial score (nSPS) is 18.7. The first kappa shape index (κ1) is 17.2. The molecule has 1 aromatic heterocycles. The van der Waals surface area contributed by atoms with E-state index in [4.69, 9.17) is 4.52 Å². The van der Waals surface area contributed by atoms with Gasteiger partial charge in [-0.3, -0.25) is 14.6 Å². The van der Waals surface area contributed by atoms with Gasteiger partial charge >= 0.3 is 0 Å². The molecule has 0 spiro atoms. The first-order valence-electron chi connectivity index (χ1n) is 9.39. The van der Waals surface area contributed by atoms with Crippen molar-refractivity contribution in [1.29, 1.82) is 0 Å². The molecule has 1 aromatic carbocycles. The van der Waals surface area contributed by atoms with Crippen LogP contribution in [0.4, 0.5) is 0 Å². The summed E-state index contributed by atoms with van der Waals surface area (Å²) < 4.78 is 5.13. The fourth-order valence-corrected chi connectivity index (χ4v) is 3.86. The number of aromatic nitrogens is 1. The number of hydrogen-bond donors (Lipinski definition) is 0. The van der Waals surface area contributed by atoms with Crippen molar-refractivity contribution in [2.45, 2.75) is 26.4 Å². The third-order valence-corrected chi connectivity index (χ3v) is 5.36. The fraction of sp³-hybridized carbons (Fsp3) is 0.500. The monoisotopic (exact) mass is 354 g/mol. The van der Waals surface area contributed by atoms with Gasteiger partial charge in [0.15, 0.2) is 0 Å². The highest BCUT2D eigenvalue weighted by Gasteiger charge is 2.24. The second kappa shape index (κ2) is 7.60. The van der Waals surface area contributed by atoms with E-state index in [1.807, 2.05) is 17.9 Å². The largest absolute Gasteiger partial charge is 0.361 e. The van der Waals surface area contributed by atoms with Crippen LogP contribution in [0.1, 0.15) is 22.6 Å². The fourth-order valence-electron chi connectivity index (χ4n) is 3.86. The van der Waals surface area contributed by atoms with Crippen LogP contribution in [0.2, 0.25) is 0 Å². The summed E-state index contributed by atoms with van der Waals surface area (Å²) in [5, 5.41) is 4.06. The highest BCUT2D eigenvalue weighted by Crippen LogP contribution is 2.18. The Morgan fingerprint density at radius 1 is 1.08 bits per heavy atom. The summed E-state index contributed by atoms with van der Waals surface area (Å²) in [6, 6.07) is 10.5. The molecule has 1 saturated heterocycles. The molecule has 6 nitrogen and oxygen atoms in total. The summed E-state index contributed by atoms with van der Waals surface area (Å²) in [6.45, 7) is 8.44. The Morgan fingerprint density at radius 2 is 1.85 bits per heavy atom. The molecule has 0 saturated carbocycles. The average molecular weight is 354 g/mol. The second-order valence-corrected chi connectivity index (χ2v) is 7.32. The first-order chi connectivity index (χ1) is 12.7. The Balaban J connectivity index is 1.25. The molecule has 138 valence electrons. The number of amides is 1. The number of carbonyl (C=O) groups is 1. The van der Waals surface area contributed by atoms with Crippen LogP contribution in [-0.2, 0) is 24.3 Å². The van der Waals surface area contributed by atoms with Gasteiger partial charge in [0, 0.05) is 51.9 Å². The molecule has 2 aliphatic rings. The van der Waals surface area contributed by atoms with Gasteiger partial charge in [-0.1, -0.05) is 29.4 Å². The van der Waals surface area contributed by atoms with Crippen molar-refractivity contribution < 1.29 is 9.32 Å². The lowest BCUT2D eigenvalue weighted by atomic mass is 10.00. The number of nitrogens with zero attached hydrogens (tertiary/aromatic N) is 4. The van der Waals surface area contributed by atoms with Gasteiger partial charge in [-0.2, -0.15) is 0 Å². The molecule has 6 heteroatoms. The van der Waals surface area contributed by atoms with E-state index in [0.29, 0.717) is 6.54 Å². The van der Waals surface area contributed by atoms with E-state index in [9.17, 15) is 4.79 Å². The van der Waals surface area contributed by atoms with Crippen LogP contribution < -0.4 is 0 Å². The lowest BCUT2D eigenvalue weighted by Crippen LogP contribution is -2.51. The van der Waals surface area contributed by atoms with E-state index in [2.05, 4.69) is 39.2 Å². The van der Waals surface area contributed by atoms with Gasteiger partial charge in [-0.25, -0.2) is 0 Å². The lowest BCUT2D eigenvalue weighted by Gasteiger charge is -2.36. The van der Waals surface area contributed by atoms with Gasteiger partial charge in [0.05, 0.1) is 12.2 Å². The Bertz CT molecular complexity index is 765. The highest BCUT2D eigenvalue weighted by molar-refractivity contribution is 5.78. The average Bonchev–Trinajstić information content (AvgIpc) is 3.07. The zero-order chi connectivity index (χ0) is 17.9. The minimum atomic E-state index is 0.251. The Labute approximate surface area is 154 Å². The highest BCUT2D eigenvalue weighted by atomic mass is 16.5. The smallest absolute Gasteiger partial charge is 0.236 e. The summed E-state index contributed by atoms with van der Waals surface area (Å²) >= 11 is 0. The molecule has 0 unspecified atom stereocenters. The van der Waals surface area contributed by atoms with E-state index in [1.54, 1.807) is 0 Å². The predicted molar refractivity (Wildman–Crippen MR) is 98.5 cm³/mol. The number of benzene rings is 1. The third kappa shape index (κ3) is 3.97. The van der Waals surface area contributed by atoms with Crippen LogP contribution in [0.3, 0.4) is 0 Å². The van der Waals surface area contributed by atoms with Gasteiger partial charge in [0.2, 0.25) is 5.91 Å². The van der Waals surface area contributed by atoms with Crippen LogP contribution in [0.15, 0.2) is 34.9 Å². The number of aryl methyl sites for hydroxylation is 1. The summed E-state index contributed by atoms with van der Waals surface area (Å²) in [5.74, 6) is 1.10. The van der Waals surface area contributed by atoms with Gasteiger partial charge in [-0.05, 0) is 24.5 Å². The van der Waals surface area contributed by atoms with Gasteiger partial charge in [0.1, 0.15) is 5.76 Å². The van der Waals surface area contributed by atoms with E-state index in [1.165, 1.54) is 11.1 Å². The number of hydrogen-bond acceptors (Lipinski definition) is 5. The van der Waals surface area contributed by atoms with Crippen LogP contribution in [0.25, 0.3) is 0 Å². The zero-order valence-electron chi connectivity index (χ0n) is 15.4. The zero-order valence-corrected chi connectivity index (χ0v) is 15.4. The molecular weight excluding hydrogens is 328 g/mol. The molecule has 2 aliphatic heterocycles. The number of piperazine rings is 1. The van der Waals surface area contributed by atoms with Gasteiger partial charge in [0.25, 0.3) is 0 Å². The van der Waals surface area contributed by atoms with Crippen molar-refractivity contribution in [3.8, 4) is 0 Å². The number of fused-ring (bicyclic) bond motifs is 1. The van der Waals surface area contributed by atoms with E-state index in [-0.39, 0.29) is 5.91 Å². The molecule has 0 radical (unpaired) electrons. The predicted octanol–water partition coefficient (Wildman–Crippen LogP) is 1.69. The quantitative estimate of drug-likeness (QED) is 0.836. The van der Waals surface area contributed by atoms with Crippen molar-refractivity contribution in [3.63, 3.8) is 0 Å².